The summed E-state index contributed by atoms with van der Waals surface area (Å²) in [6.45, 7) is 4.45. The normalized spacial score (nSPS) is 16.7. The molecule has 2 heterocycles. The topological polar surface area (TPSA) is 71.3 Å². The first-order chi connectivity index (χ1) is 11.1. The summed E-state index contributed by atoms with van der Waals surface area (Å²) in [6.07, 6.45) is 2.23. The maximum atomic E-state index is 12.3. The number of halogens is 1. The van der Waals surface area contributed by atoms with Crippen LogP contribution in [0.2, 0.25) is 5.02 Å². The lowest BCUT2D eigenvalue weighted by Gasteiger charge is -2.28. The quantitative estimate of drug-likeness (QED) is 0.772. The van der Waals surface area contributed by atoms with Crippen LogP contribution < -0.4 is 21.5 Å². The molecule has 0 spiro atoms. The molecular weight excluding hydrogens is 316 g/mol. The number of H-pyrrole nitrogens is 1. The van der Waals surface area contributed by atoms with Crippen molar-refractivity contribution in [1.82, 2.24) is 9.55 Å². The molecule has 2 aromatic rings. The molecule has 122 valence electrons. The van der Waals surface area contributed by atoms with Gasteiger partial charge in [0.2, 0.25) is 0 Å². The Kier molecular flexibility index (Phi) is 4.54. The van der Waals surface area contributed by atoms with E-state index in [1.807, 2.05) is 0 Å². The van der Waals surface area contributed by atoms with E-state index in [1.165, 1.54) is 9.47 Å². The highest BCUT2D eigenvalue weighted by atomic mass is 35.5. The SMILES string of the molecule is CCCC[NH+]1CNc2c(c(=O)[nH]c(=O)n2-c2cccc(Cl)c2)C1. The first kappa shape index (κ1) is 15.8. The molecule has 0 saturated carbocycles. The van der Waals surface area contributed by atoms with E-state index >= 15 is 0 Å². The van der Waals surface area contributed by atoms with Gasteiger partial charge in [-0.15, -0.1) is 0 Å². The van der Waals surface area contributed by atoms with Gasteiger partial charge in [-0.3, -0.25) is 9.78 Å². The number of quaternary nitrogens is 1. The summed E-state index contributed by atoms with van der Waals surface area (Å²) in [5, 5.41) is 3.79. The van der Waals surface area contributed by atoms with Crippen LogP contribution in [-0.4, -0.2) is 22.8 Å². The van der Waals surface area contributed by atoms with Crippen molar-refractivity contribution in [1.29, 1.82) is 0 Å². The van der Waals surface area contributed by atoms with Crippen LogP contribution in [0, 0.1) is 0 Å². The average molecular weight is 336 g/mol. The van der Waals surface area contributed by atoms with Crippen molar-refractivity contribution in [2.24, 2.45) is 0 Å². The van der Waals surface area contributed by atoms with Crippen molar-refractivity contribution < 1.29 is 4.90 Å². The van der Waals surface area contributed by atoms with E-state index in [1.54, 1.807) is 24.3 Å². The molecule has 1 aromatic carbocycles. The van der Waals surface area contributed by atoms with Crippen LogP contribution in [-0.2, 0) is 6.54 Å². The number of aromatic nitrogens is 2. The van der Waals surface area contributed by atoms with Gasteiger partial charge in [-0.05, 0) is 24.6 Å². The molecule has 1 aliphatic heterocycles. The number of unbranched alkanes of at least 4 members (excludes halogenated alkanes) is 1. The summed E-state index contributed by atoms with van der Waals surface area (Å²) in [5.74, 6) is 0.571. The van der Waals surface area contributed by atoms with Gasteiger partial charge < -0.3 is 10.2 Å². The molecule has 3 rings (SSSR count). The summed E-state index contributed by atoms with van der Waals surface area (Å²) >= 11 is 6.03. The van der Waals surface area contributed by atoms with Gasteiger partial charge >= 0.3 is 5.69 Å². The van der Waals surface area contributed by atoms with Crippen molar-refractivity contribution in [2.45, 2.75) is 26.3 Å². The van der Waals surface area contributed by atoms with Crippen molar-refractivity contribution in [3.05, 3.63) is 55.7 Å². The number of anilines is 1. The molecule has 0 fully saturated rings. The Morgan fingerprint density at radius 3 is 2.91 bits per heavy atom. The lowest BCUT2D eigenvalue weighted by Crippen LogP contribution is -3.12. The van der Waals surface area contributed by atoms with Crippen LogP contribution in [0.3, 0.4) is 0 Å². The Morgan fingerprint density at radius 1 is 1.35 bits per heavy atom. The third-order valence-electron chi connectivity index (χ3n) is 4.09. The Bertz CT molecular complexity index is 828. The van der Waals surface area contributed by atoms with Gasteiger partial charge in [0.25, 0.3) is 5.56 Å². The van der Waals surface area contributed by atoms with E-state index in [-0.39, 0.29) is 5.56 Å². The molecular formula is C16H20ClN4O2+. The van der Waals surface area contributed by atoms with Crippen molar-refractivity contribution in [2.75, 3.05) is 18.5 Å². The smallest absolute Gasteiger partial charge is 0.324 e. The molecule has 1 aliphatic rings. The number of aromatic amines is 1. The van der Waals surface area contributed by atoms with Crippen molar-refractivity contribution >= 4 is 17.4 Å². The summed E-state index contributed by atoms with van der Waals surface area (Å²) in [4.78, 5) is 28.2. The predicted octanol–water partition coefficient (Wildman–Crippen LogP) is 0.747. The summed E-state index contributed by atoms with van der Waals surface area (Å²) < 4.78 is 1.49. The second-order valence-corrected chi connectivity index (χ2v) is 6.22. The zero-order valence-corrected chi connectivity index (χ0v) is 13.7. The van der Waals surface area contributed by atoms with Gasteiger partial charge in [0, 0.05) is 5.02 Å². The minimum absolute atomic E-state index is 0.315. The molecule has 1 unspecified atom stereocenters. The third-order valence-corrected chi connectivity index (χ3v) is 4.33. The number of nitrogens with one attached hydrogen (secondary N) is 3. The fourth-order valence-electron chi connectivity index (χ4n) is 2.91. The largest absolute Gasteiger partial charge is 0.334 e. The highest BCUT2D eigenvalue weighted by Crippen LogP contribution is 2.19. The van der Waals surface area contributed by atoms with Gasteiger partial charge in [0.15, 0.2) is 6.67 Å². The van der Waals surface area contributed by atoms with Gasteiger partial charge in [-0.1, -0.05) is 31.0 Å². The molecule has 0 amide bonds. The number of hydrogen-bond donors (Lipinski definition) is 3. The van der Waals surface area contributed by atoms with Gasteiger partial charge in [0.1, 0.15) is 17.9 Å². The van der Waals surface area contributed by atoms with E-state index in [0.717, 1.165) is 19.4 Å². The molecule has 6 nitrogen and oxygen atoms in total. The zero-order valence-electron chi connectivity index (χ0n) is 13.0. The standard InChI is InChI=1S/C16H19ClN4O2/c1-2-3-7-20-9-13-14(18-10-20)21(16(23)19-15(13)22)12-6-4-5-11(17)8-12/h4-6,8,18H,2-3,7,9-10H2,1H3,(H,19,22,23)/p+1. The third kappa shape index (κ3) is 3.18. The van der Waals surface area contributed by atoms with E-state index in [2.05, 4.69) is 17.2 Å². The molecule has 23 heavy (non-hydrogen) atoms. The van der Waals surface area contributed by atoms with Crippen LogP contribution in [0.15, 0.2) is 33.9 Å². The molecule has 0 radical (unpaired) electrons. The van der Waals surface area contributed by atoms with Gasteiger partial charge in [-0.25, -0.2) is 9.36 Å². The van der Waals surface area contributed by atoms with Crippen molar-refractivity contribution in [3.63, 3.8) is 0 Å². The maximum Gasteiger partial charge on any atom is 0.334 e. The Labute approximate surface area is 138 Å². The molecule has 0 aliphatic carbocycles. The fourth-order valence-corrected chi connectivity index (χ4v) is 3.09. The second-order valence-electron chi connectivity index (χ2n) is 5.79. The lowest BCUT2D eigenvalue weighted by atomic mass is 10.2. The second kappa shape index (κ2) is 6.60. The Morgan fingerprint density at radius 2 is 2.17 bits per heavy atom. The molecule has 1 atom stereocenters. The Balaban J connectivity index is 2.07. The van der Waals surface area contributed by atoms with E-state index in [9.17, 15) is 9.59 Å². The van der Waals surface area contributed by atoms with Crippen LogP contribution in [0.25, 0.3) is 5.69 Å². The summed E-state index contributed by atoms with van der Waals surface area (Å²) in [7, 11) is 0. The number of fused-ring (bicyclic) bond motifs is 1. The molecule has 0 saturated heterocycles. The number of benzene rings is 1. The minimum Gasteiger partial charge on any atom is -0.324 e. The van der Waals surface area contributed by atoms with E-state index in [4.69, 9.17) is 11.6 Å². The minimum atomic E-state index is -0.458. The fraction of sp³-hybridized carbons (Fsp3) is 0.375. The average Bonchev–Trinajstić information content (AvgIpc) is 2.53. The van der Waals surface area contributed by atoms with Crippen LogP contribution >= 0.6 is 11.6 Å². The van der Waals surface area contributed by atoms with E-state index < -0.39 is 5.69 Å². The number of nitrogens with zero attached hydrogens (tertiary/aromatic N) is 1. The number of hydrogen-bond acceptors (Lipinski definition) is 3. The summed E-state index contributed by atoms with van der Waals surface area (Å²) in [5.41, 5.74) is 0.478. The summed E-state index contributed by atoms with van der Waals surface area (Å²) in [6, 6.07) is 7.03. The van der Waals surface area contributed by atoms with Gasteiger partial charge in [-0.2, -0.15) is 0 Å². The molecule has 0 bridgehead atoms. The zero-order chi connectivity index (χ0) is 16.4. The van der Waals surface area contributed by atoms with Crippen LogP contribution in [0.5, 0.6) is 0 Å². The van der Waals surface area contributed by atoms with Crippen molar-refractivity contribution in [3.8, 4) is 5.69 Å². The monoisotopic (exact) mass is 335 g/mol. The van der Waals surface area contributed by atoms with E-state index in [0.29, 0.717) is 35.3 Å². The maximum absolute atomic E-state index is 12.3. The molecule has 1 aromatic heterocycles. The first-order valence-corrected chi connectivity index (χ1v) is 8.19. The first-order valence-electron chi connectivity index (χ1n) is 7.81. The highest BCUT2D eigenvalue weighted by Gasteiger charge is 2.25. The van der Waals surface area contributed by atoms with Crippen LogP contribution in [0.4, 0.5) is 5.82 Å². The number of rotatable bonds is 4. The van der Waals surface area contributed by atoms with Gasteiger partial charge in [0.05, 0.1) is 12.2 Å². The Hall–Kier alpha value is -2.05. The highest BCUT2D eigenvalue weighted by molar-refractivity contribution is 6.30. The molecule has 7 heteroatoms. The molecule has 3 N–H and O–H groups in total. The predicted molar refractivity (Wildman–Crippen MR) is 90.6 cm³/mol. The lowest BCUT2D eigenvalue weighted by molar-refractivity contribution is -0.912. The van der Waals surface area contributed by atoms with Crippen LogP contribution in [0.1, 0.15) is 25.3 Å².